The SMILES string of the molecule is O=C1CC(c2nc(-c3ccc(C(F)(F)F)cc3)no2)CN1Cc1cc(F)cc(F)c1. The fourth-order valence-corrected chi connectivity index (χ4v) is 3.34. The Labute approximate surface area is 167 Å². The van der Waals surface area contributed by atoms with Crippen molar-refractivity contribution in [2.45, 2.75) is 25.1 Å². The van der Waals surface area contributed by atoms with Gasteiger partial charge in [0, 0.05) is 31.1 Å². The van der Waals surface area contributed by atoms with Crippen LogP contribution in [0.3, 0.4) is 0 Å². The summed E-state index contributed by atoms with van der Waals surface area (Å²) in [6.45, 7) is 0.246. The largest absolute Gasteiger partial charge is 0.416 e. The predicted molar refractivity (Wildman–Crippen MR) is 93.9 cm³/mol. The highest BCUT2D eigenvalue weighted by molar-refractivity contribution is 5.79. The molecule has 0 saturated carbocycles. The Morgan fingerprint density at radius 3 is 2.37 bits per heavy atom. The van der Waals surface area contributed by atoms with Gasteiger partial charge in [-0.2, -0.15) is 18.2 Å². The summed E-state index contributed by atoms with van der Waals surface area (Å²) in [6.07, 6.45) is -4.37. The van der Waals surface area contributed by atoms with Gasteiger partial charge in [0.25, 0.3) is 0 Å². The summed E-state index contributed by atoms with van der Waals surface area (Å²) in [7, 11) is 0. The van der Waals surface area contributed by atoms with Gasteiger partial charge in [0.2, 0.25) is 17.6 Å². The first-order valence-corrected chi connectivity index (χ1v) is 8.93. The molecule has 1 aliphatic heterocycles. The van der Waals surface area contributed by atoms with Crippen molar-refractivity contribution in [3.05, 3.63) is 71.1 Å². The number of hydrogen-bond donors (Lipinski definition) is 0. The molecule has 1 aromatic heterocycles. The van der Waals surface area contributed by atoms with E-state index in [9.17, 15) is 26.7 Å². The zero-order valence-corrected chi connectivity index (χ0v) is 15.3. The smallest absolute Gasteiger partial charge is 0.339 e. The quantitative estimate of drug-likeness (QED) is 0.578. The van der Waals surface area contributed by atoms with E-state index >= 15 is 0 Å². The summed E-state index contributed by atoms with van der Waals surface area (Å²) in [5.41, 5.74) is -0.132. The molecule has 1 unspecified atom stereocenters. The molecule has 1 atom stereocenters. The maximum atomic E-state index is 13.4. The number of aromatic nitrogens is 2. The van der Waals surface area contributed by atoms with Crippen molar-refractivity contribution in [1.29, 1.82) is 0 Å². The van der Waals surface area contributed by atoms with Crippen molar-refractivity contribution < 1.29 is 31.3 Å². The first kappa shape index (κ1) is 20.0. The molecule has 0 N–H and O–H groups in total. The second-order valence-corrected chi connectivity index (χ2v) is 6.98. The fourth-order valence-electron chi connectivity index (χ4n) is 3.34. The molecule has 1 aliphatic rings. The Bertz CT molecular complexity index is 1060. The van der Waals surface area contributed by atoms with Gasteiger partial charge in [-0.1, -0.05) is 17.3 Å². The number of rotatable bonds is 4. The Kier molecular flexibility index (Phi) is 5.00. The maximum absolute atomic E-state index is 13.4. The van der Waals surface area contributed by atoms with Crippen LogP contribution in [0.15, 0.2) is 47.0 Å². The minimum atomic E-state index is -4.45. The first-order chi connectivity index (χ1) is 14.2. The van der Waals surface area contributed by atoms with E-state index < -0.39 is 29.3 Å². The van der Waals surface area contributed by atoms with Crippen LogP contribution in [0.1, 0.15) is 29.4 Å². The summed E-state index contributed by atoms with van der Waals surface area (Å²) in [5, 5.41) is 3.78. The van der Waals surface area contributed by atoms with Gasteiger partial charge < -0.3 is 9.42 Å². The normalized spacial score (nSPS) is 17.0. The molecule has 0 spiro atoms. The van der Waals surface area contributed by atoms with Crippen LogP contribution in [-0.4, -0.2) is 27.5 Å². The zero-order valence-electron chi connectivity index (χ0n) is 15.3. The van der Waals surface area contributed by atoms with Crippen molar-refractivity contribution in [2.75, 3.05) is 6.54 Å². The molecular formula is C20H14F5N3O2. The van der Waals surface area contributed by atoms with Crippen molar-refractivity contribution in [2.24, 2.45) is 0 Å². The molecule has 2 aromatic carbocycles. The average molecular weight is 423 g/mol. The lowest BCUT2D eigenvalue weighted by atomic mass is 10.1. The van der Waals surface area contributed by atoms with Gasteiger partial charge in [0.1, 0.15) is 11.6 Å². The van der Waals surface area contributed by atoms with Crippen molar-refractivity contribution >= 4 is 5.91 Å². The van der Waals surface area contributed by atoms with E-state index in [0.717, 1.165) is 30.3 Å². The molecule has 156 valence electrons. The molecule has 4 rings (SSSR count). The van der Waals surface area contributed by atoms with E-state index in [1.165, 1.54) is 17.0 Å². The number of hydrogen-bond acceptors (Lipinski definition) is 4. The third-order valence-electron chi connectivity index (χ3n) is 4.77. The molecule has 0 bridgehead atoms. The Morgan fingerprint density at radius 1 is 1.07 bits per heavy atom. The number of carbonyl (C=O) groups excluding carboxylic acids is 1. The van der Waals surface area contributed by atoms with Crippen LogP contribution < -0.4 is 0 Å². The van der Waals surface area contributed by atoms with E-state index in [-0.39, 0.29) is 37.1 Å². The first-order valence-electron chi connectivity index (χ1n) is 8.93. The monoisotopic (exact) mass is 423 g/mol. The summed E-state index contributed by atoms with van der Waals surface area (Å²) in [6, 6.07) is 7.37. The summed E-state index contributed by atoms with van der Waals surface area (Å²) < 4.78 is 69.9. The zero-order chi connectivity index (χ0) is 21.5. The molecule has 5 nitrogen and oxygen atoms in total. The molecule has 0 radical (unpaired) electrons. The van der Waals surface area contributed by atoms with Gasteiger partial charge in [0.05, 0.1) is 11.5 Å². The number of nitrogens with zero attached hydrogens (tertiary/aromatic N) is 3. The van der Waals surface area contributed by atoms with Gasteiger partial charge in [0.15, 0.2) is 0 Å². The van der Waals surface area contributed by atoms with Crippen LogP contribution in [0, 0.1) is 11.6 Å². The summed E-state index contributed by atoms with van der Waals surface area (Å²) >= 11 is 0. The maximum Gasteiger partial charge on any atom is 0.416 e. The number of benzene rings is 2. The molecule has 2 heterocycles. The summed E-state index contributed by atoms with van der Waals surface area (Å²) in [4.78, 5) is 17.9. The number of likely N-dealkylation sites (tertiary alicyclic amines) is 1. The molecule has 1 fully saturated rings. The Morgan fingerprint density at radius 2 is 1.73 bits per heavy atom. The van der Waals surface area contributed by atoms with Crippen LogP contribution >= 0.6 is 0 Å². The molecule has 0 aliphatic carbocycles. The van der Waals surface area contributed by atoms with Crippen molar-refractivity contribution in [1.82, 2.24) is 15.0 Å². The highest BCUT2D eigenvalue weighted by atomic mass is 19.4. The van der Waals surface area contributed by atoms with Crippen LogP contribution in [-0.2, 0) is 17.5 Å². The van der Waals surface area contributed by atoms with Crippen LogP contribution in [0.25, 0.3) is 11.4 Å². The second kappa shape index (κ2) is 7.51. The number of carbonyl (C=O) groups is 1. The van der Waals surface area contributed by atoms with E-state index in [1.54, 1.807) is 0 Å². The third kappa shape index (κ3) is 4.17. The van der Waals surface area contributed by atoms with Gasteiger partial charge in [-0.05, 0) is 29.8 Å². The number of alkyl halides is 3. The molecular weight excluding hydrogens is 409 g/mol. The van der Waals surface area contributed by atoms with Gasteiger partial charge >= 0.3 is 6.18 Å². The van der Waals surface area contributed by atoms with E-state index in [1.807, 2.05) is 0 Å². The van der Waals surface area contributed by atoms with Crippen LogP contribution in [0.4, 0.5) is 22.0 Å². The van der Waals surface area contributed by atoms with E-state index in [2.05, 4.69) is 10.1 Å². The highest BCUT2D eigenvalue weighted by Crippen LogP contribution is 2.32. The second-order valence-electron chi connectivity index (χ2n) is 6.98. The lowest BCUT2D eigenvalue weighted by Crippen LogP contribution is -2.24. The van der Waals surface area contributed by atoms with Crippen LogP contribution in [0.2, 0.25) is 0 Å². The number of amides is 1. The van der Waals surface area contributed by atoms with Crippen LogP contribution in [0.5, 0.6) is 0 Å². The van der Waals surface area contributed by atoms with Crippen molar-refractivity contribution in [3.8, 4) is 11.4 Å². The van der Waals surface area contributed by atoms with Gasteiger partial charge in [-0.25, -0.2) is 8.78 Å². The van der Waals surface area contributed by atoms with E-state index in [0.29, 0.717) is 11.1 Å². The Hall–Kier alpha value is -3.30. The minimum Gasteiger partial charge on any atom is -0.339 e. The van der Waals surface area contributed by atoms with Crippen molar-refractivity contribution in [3.63, 3.8) is 0 Å². The highest BCUT2D eigenvalue weighted by Gasteiger charge is 2.35. The predicted octanol–water partition coefficient (Wildman–Crippen LogP) is 4.55. The number of halogens is 5. The fraction of sp³-hybridized carbons (Fsp3) is 0.250. The molecule has 1 saturated heterocycles. The molecule has 30 heavy (non-hydrogen) atoms. The lowest BCUT2D eigenvalue weighted by molar-refractivity contribution is -0.137. The molecule has 1 amide bonds. The minimum absolute atomic E-state index is 0.0317. The Balaban J connectivity index is 1.47. The molecule has 3 aromatic rings. The van der Waals surface area contributed by atoms with E-state index in [4.69, 9.17) is 4.52 Å². The third-order valence-corrected chi connectivity index (χ3v) is 4.77. The lowest BCUT2D eigenvalue weighted by Gasteiger charge is -2.16. The average Bonchev–Trinajstić information content (AvgIpc) is 3.28. The topological polar surface area (TPSA) is 59.2 Å². The standard InChI is InChI=1S/C20H14F5N3O2/c21-15-5-11(6-16(22)8-15)9-28-10-13(7-17(28)29)19-26-18(27-30-19)12-1-3-14(4-2-12)20(23,24)25/h1-6,8,13H,7,9-10H2. The van der Waals surface area contributed by atoms with Gasteiger partial charge in [-0.3, -0.25) is 4.79 Å². The van der Waals surface area contributed by atoms with Gasteiger partial charge in [-0.15, -0.1) is 0 Å². The molecule has 10 heteroatoms. The summed E-state index contributed by atoms with van der Waals surface area (Å²) in [5.74, 6) is -1.84.